The van der Waals surface area contributed by atoms with Gasteiger partial charge in [-0.05, 0) is 30.5 Å². The highest BCUT2D eigenvalue weighted by atomic mass is 32.2. The van der Waals surface area contributed by atoms with E-state index >= 15 is 0 Å². The van der Waals surface area contributed by atoms with Crippen LogP contribution in [0.1, 0.15) is 18.4 Å². The lowest BCUT2D eigenvalue weighted by molar-refractivity contribution is -0.129. The third kappa shape index (κ3) is 4.73. The van der Waals surface area contributed by atoms with Crippen molar-refractivity contribution in [1.29, 1.82) is 0 Å². The lowest BCUT2D eigenvalue weighted by atomic mass is 10.0. The van der Waals surface area contributed by atoms with Crippen LogP contribution in [-0.4, -0.2) is 56.8 Å². The van der Waals surface area contributed by atoms with Crippen LogP contribution in [0.4, 0.5) is 4.39 Å². The standard InChI is InChI=1S/C15H22FN3O3S/c1-18(2)23(21,22)17-11-14(19-8-4-7-15(19)20)10-12-5-3-6-13(16)9-12/h3,5-6,9,14,17H,4,7-8,10-11H2,1-2H3/t14-/m0/s1. The Morgan fingerprint density at radius 2 is 2.13 bits per heavy atom. The lowest BCUT2D eigenvalue weighted by Crippen LogP contribution is -2.48. The molecular weight excluding hydrogens is 321 g/mol. The Labute approximate surface area is 136 Å². The van der Waals surface area contributed by atoms with E-state index in [9.17, 15) is 17.6 Å². The van der Waals surface area contributed by atoms with Gasteiger partial charge in [-0.3, -0.25) is 4.79 Å². The first-order valence-corrected chi connectivity index (χ1v) is 8.94. The summed E-state index contributed by atoms with van der Waals surface area (Å²) in [5.41, 5.74) is 0.735. The van der Waals surface area contributed by atoms with Crippen LogP contribution in [0.5, 0.6) is 0 Å². The lowest BCUT2D eigenvalue weighted by Gasteiger charge is -2.28. The summed E-state index contributed by atoms with van der Waals surface area (Å²) in [7, 11) is -0.699. The molecule has 1 N–H and O–H groups in total. The van der Waals surface area contributed by atoms with Crippen molar-refractivity contribution in [3.63, 3.8) is 0 Å². The zero-order chi connectivity index (χ0) is 17.0. The van der Waals surface area contributed by atoms with Crippen LogP contribution in [0.25, 0.3) is 0 Å². The molecule has 1 atom stereocenters. The monoisotopic (exact) mass is 343 g/mol. The van der Waals surface area contributed by atoms with Crippen molar-refractivity contribution in [2.75, 3.05) is 27.2 Å². The Morgan fingerprint density at radius 1 is 1.39 bits per heavy atom. The molecule has 23 heavy (non-hydrogen) atoms. The van der Waals surface area contributed by atoms with E-state index in [2.05, 4.69) is 4.72 Å². The maximum Gasteiger partial charge on any atom is 0.279 e. The van der Waals surface area contributed by atoms with E-state index in [0.29, 0.717) is 19.4 Å². The number of hydrogen-bond donors (Lipinski definition) is 1. The summed E-state index contributed by atoms with van der Waals surface area (Å²) in [6, 6.07) is 5.82. The van der Waals surface area contributed by atoms with Gasteiger partial charge in [-0.2, -0.15) is 12.7 Å². The second-order valence-electron chi connectivity index (χ2n) is 5.81. The molecule has 1 heterocycles. The Balaban J connectivity index is 2.13. The number of hydrogen-bond acceptors (Lipinski definition) is 3. The van der Waals surface area contributed by atoms with Crippen LogP contribution in [0, 0.1) is 5.82 Å². The van der Waals surface area contributed by atoms with Crippen LogP contribution < -0.4 is 4.72 Å². The predicted molar refractivity (Wildman–Crippen MR) is 85.4 cm³/mol. The van der Waals surface area contributed by atoms with E-state index in [4.69, 9.17) is 0 Å². The molecule has 1 saturated heterocycles. The van der Waals surface area contributed by atoms with Crippen LogP contribution in [-0.2, 0) is 21.4 Å². The van der Waals surface area contributed by atoms with Gasteiger partial charge in [0, 0.05) is 39.6 Å². The molecule has 0 radical (unpaired) electrons. The fourth-order valence-electron chi connectivity index (χ4n) is 2.61. The number of carbonyl (C=O) groups is 1. The van der Waals surface area contributed by atoms with Crippen molar-refractivity contribution in [2.24, 2.45) is 0 Å². The van der Waals surface area contributed by atoms with Crippen LogP contribution in [0.3, 0.4) is 0 Å². The average molecular weight is 343 g/mol. The number of benzene rings is 1. The summed E-state index contributed by atoms with van der Waals surface area (Å²) in [5, 5.41) is 0. The van der Waals surface area contributed by atoms with E-state index in [1.807, 2.05) is 0 Å². The second-order valence-corrected chi connectivity index (χ2v) is 7.78. The molecule has 0 aromatic heterocycles. The molecule has 0 unspecified atom stereocenters. The van der Waals surface area contributed by atoms with Gasteiger partial charge in [0.25, 0.3) is 10.2 Å². The van der Waals surface area contributed by atoms with Gasteiger partial charge in [0.2, 0.25) is 5.91 Å². The zero-order valence-corrected chi connectivity index (χ0v) is 14.1. The number of likely N-dealkylation sites (tertiary alicyclic amines) is 1. The summed E-state index contributed by atoms with van der Waals surface area (Å²) in [4.78, 5) is 13.7. The summed E-state index contributed by atoms with van der Waals surface area (Å²) in [6.07, 6.45) is 1.64. The zero-order valence-electron chi connectivity index (χ0n) is 13.3. The average Bonchev–Trinajstić information content (AvgIpc) is 2.89. The number of halogens is 1. The first-order chi connectivity index (χ1) is 10.8. The Morgan fingerprint density at radius 3 is 2.70 bits per heavy atom. The molecule has 0 aliphatic carbocycles. The van der Waals surface area contributed by atoms with E-state index in [1.54, 1.807) is 17.0 Å². The maximum absolute atomic E-state index is 13.4. The number of amides is 1. The van der Waals surface area contributed by atoms with Crippen molar-refractivity contribution >= 4 is 16.1 Å². The van der Waals surface area contributed by atoms with E-state index in [0.717, 1.165) is 16.3 Å². The molecule has 2 rings (SSSR count). The second kappa shape index (κ2) is 7.37. The minimum atomic E-state index is -3.57. The molecule has 128 valence electrons. The van der Waals surface area contributed by atoms with Crippen molar-refractivity contribution in [3.8, 4) is 0 Å². The van der Waals surface area contributed by atoms with Gasteiger partial charge < -0.3 is 4.90 Å². The third-order valence-corrected chi connectivity index (χ3v) is 5.39. The first-order valence-electron chi connectivity index (χ1n) is 7.50. The molecule has 1 aliphatic heterocycles. The normalized spacial score (nSPS) is 17.0. The van der Waals surface area contributed by atoms with Gasteiger partial charge in [-0.25, -0.2) is 9.11 Å². The maximum atomic E-state index is 13.4. The number of rotatable bonds is 7. The van der Waals surface area contributed by atoms with Crippen LogP contribution >= 0.6 is 0 Å². The van der Waals surface area contributed by atoms with Crippen molar-refractivity contribution in [3.05, 3.63) is 35.6 Å². The fourth-order valence-corrected chi connectivity index (χ4v) is 3.28. The van der Waals surface area contributed by atoms with Gasteiger partial charge >= 0.3 is 0 Å². The summed E-state index contributed by atoms with van der Waals surface area (Å²) < 4.78 is 40.7. The molecule has 1 aromatic carbocycles. The quantitative estimate of drug-likeness (QED) is 0.794. The molecule has 1 aromatic rings. The van der Waals surface area contributed by atoms with E-state index < -0.39 is 10.2 Å². The van der Waals surface area contributed by atoms with Crippen LogP contribution in [0.15, 0.2) is 24.3 Å². The molecule has 8 heteroatoms. The highest BCUT2D eigenvalue weighted by Gasteiger charge is 2.29. The first kappa shape index (κ1) is 17.8. The molecule has 6 nitrogen and oxygen atoms in total. The number of nitrogens with one attached hydrogen (secondary N) is 1. The Kier molecular flexibility index (Phi) is 5.72. The van der Waals surface area contributed by atoms with Crippen molar-refractivity contribution < 1.29 is 17.6 Å². The minimum absolute atomic E-state index is 0.00968. The predicted octanol–water partition coefficient (Wildman–Crippen LogP) is 0.755. The SMILES string of the molecule is CN(C)S(=O)(=O)NC[C@H](Cc1cccc(F)c1)N1CCCC1=O. The van der Waals surface area contributed by atoms with Gasteiger partial charge in [0.1, 0.15) is 5.82 Å². The molecule has 1 aliphatic rings. The van der Waals surface area contributed by atoms with Crippen LogP contribution in [0.2, 0.25) is 0 Å². The topological polar surface area (TPSA) is 69.7 Å². The highest BCUT2D eigenvalue weighted by molar-refractivity contribution is 7.87. The van der Waals surface area contributed by atoms with E-state index in [-0.39, 0.29) is 24.3 Å². The molecule has 1 amide bonds. The van der Waals surface area contributed by atoms with Gasteiger partial charge in [-0.1, -0.05) is 12.1 Å². The smallest absolute Gasteiger partial charge is 0.279 e. The van der Waals surface area contributed by atoms with Crippen molar-refractivity contribution in [1.82, 2.24) is 13.9 Å². The summed E-state index contributed by atoms with van der Waals surface area (Å²) in [5.74, 6) is -0.335. The Bertz CT molecular complexity index is 664. The summed E-state index contributed by atoms with van der Waals surface area (Å²) in [6.45, 7) is 0.700. The molecule has 1 fully saturated rings. The van der Waals surface area contributed by atoms with Gasteiger partial charge in [0.15, 0.2) is 0 Å². The fraction of sp³-hybridized carbons (Fsp3) is 0.533. The summed E-state index contributed by atoms with van der Waals surface area (Å²) >= 11 is 0. The molecule has 0 bridgehead atoms. The molecule has 0 saturated carbocycles. The van der Waals surface area contributed by atoms with Crippen molar-refractivity contribution in [2.45, 2.75) is 25.3 Å². The van der Waals surface area contributed by atoms with Gasteiger partial charge in [-0.15, -0.1) is 0 Å². The van der Waals surface area contributed by atoms with Gasteiger partial charge in [0.05, 0.1) is 0 Å². The third-order valence-electron chi connectivity index (χ3n) is 3.89. The highest BCUT2D eigenvalue weighted by Crippen LogP contribution is 2.17. The number of nitrogens with zero attached hydrogens (tertiary/aromatic N) is 2. The molecular formula is C15H22FN3O3S. The Hall–Kier alpha value is -1.51. The van der Waals surface area contributed by atoms with E-state index in [1.165, 1.54) is 26.2 Å². The molecule has 0 spiro atoms. The number of carbonyl (C=O) groups excluding carboxylic acids is 1. The largest absolute Gasteiger partial charge is 0.338 e. The minimum Gasteiger partial charge on any atom is -0.338 e.